The molecule has 2 aliphatic rings. The van der Waals surface area contributed by atoms with Crippen LogP contribution in [0.5, 0.6) is 0 Å². The first-order valence-electron chi connectivity index (χ1n) is 9.59. The average molecular weight is 400 g/mol. The Kier molecular flexibility index (Phi) is 6.37. The fourth-order valence-corrected chi connectivity index (χ4v) is 4.36. The van der Waals surface area contributed by atoms with Crippen LogP contribution < -0.4 is 10.6 Å². The van der Waals surface area contributed by atoms with Crippen molar-refractivity contribution in [3.8, 4) is 0 Å². The quantitative estimate of drug-likeness (QED) is 0.831. The molecule has 28 heavy (non-hydrogen) atoms. The van der Waals surface area contributed by atoms with Gasteiger partial charge in [-0.1, -0.05) is 60.7 Å². The molecule has 0 bridgehead atoms. The number of hydrogen-bond donors (Lipinski definition) is 2. The molecule has 1 atom stereocenters. The van der Waals surface area contributed by atoms with Crippen LogP contribution >= 0.6 is 12.4 Å². The minimum Gasteiger partial charge on any atom is -0.342 e. The average Bonchev–Trinajstić information content (AvgIpc) is 2.74. The van der Waals surface area contributed by atoms with Gasteiger partial charge in [0.1, 0.15) is 6.04 Å². The predicted octanol–water partition coefficient (Wildman–Crippen LogP) is 2.10. The van der Waals surface area contributed by atoms with Crippen molar-refractivity contribution in [3.63, 3.8) is 0 Å². The summed E-state index contributed by atoms with van der Waals surface area (Å²) in [6, 6.07) is 20.7. The lowest BCUT2D eigenvalue weighted by molar-refractivity contribution is -0.138. The minimum atomic E-state index is -0.452. The topological polar surface area (TPSA) is 61.4 Å². The van der Waals surface area contributed by atoms with Crippen molar-refractivity contribution in [2.75, 3.05) is 26.2 Å². The highest BCUT2D eigenvalue weighted by Crippen LogP contribution is 2.41. The van der Waals surface area contributed by atoms with Crippen molar-refractivity contribution in [2.24, 2.45) is 0 Å². The van der Waals surface area contributed by atoms with Gasteiger partial charge < -0.3 is 15.5 Å². The van der Waals surface area contributed by atoms with Crippen LogP contribution in [0.15, 0.2) is 60.7 Å². The van der Waals surface area contributed by atoms with Crippen LogP contribution in [0.2, 0.25) is 0 Å². The van der Waals surface area contributed by atoms with E-state index in [1.165, 1.54) is 11.1 Å². The monoisotopic (exact) mass is 399 g/mol. The molecule has 5 nitrogen and oxygen atoms in total. The Hall–Kier alpha value is -2.37. The second-order valence-corrected chi connectivity index (χ2v) is 7.39. The normalized spacial score (nSPS) is 21.4. The number of hydrogen-bond acceptors (Lipinski definition) is 3. The Bertz CT molecular complexity index is 764. The summed E-state index contributed by atoms with van der Waals surface area (Å²) in [4.78, 5) is 26.3. The van der Waals surface area contributed by atoms with Crippen molar-refractivity contribution in [3.05, 3.63) is 71.8 Å². The van der Waals surface area contributed by atoms with Crippen molar-refractivity contribution < 1.29 is 9.59 Å². The number of piperidine rings is 1. The minimum absolute atomic E-state index is 0. The summed E-state index contributed by atoms with van der Waals surface area (Å²) in [6.45, 7) is 2.17. The molecule has 2 aliphatic heterocycles. The number of nitrogens with zero attached hydrogens (tertiary/aromatic N) is 1. The van der Waals surface area contributed by atoms with Crippen LogP contribution in [-0.2, 0) is 15.0 Å². The third kappa shape index (κ3) is 3.91. The maximum Gasteiger partial charge on any atom is 0.246 e. The molecule has 0 aromatic heterocycles. The van der Waals surface area contributed by atoms with E-state index in [0.717, 1.165) is 12.8 Å². The highest BCUT2D eigenvalue weighted by molar-refractivity contribution is 5.89. The predicted molar refractivity (Wildman–Crippen MR) is 112 cm³/mol. The Morgan fingerprint density at radius 2 is 1.46 bits per heavy atom. The summed E-state index contributed by atoms with van der Waals surface area (Å²) in [6.07, 6.45) is 1.75. The van der Waals surface area contributed by atoms with E-state index in [4.69, 9.17) is 0 Å². The van der Waals surface area contributed by atoms with Crippen LogP contribution in [0.4, 0.5) is 0 Å². The number of nitrogens with one attached hydrogen (secondary N) is 2. The molecule has 4 rings (SSSR count). The number of amides is 2. The van der Waals surface area contributed by atoms with Gasteiger partial charge >= 0.3 is 0 Å². The molecule has 2 N–H and O–H groups in total. The largest absolute Gasteiger partial charge is 0.342 e. The van der Waals surface area contributed by atoms with Crippen molar-refractivity contribution in [2.45, 2.75) is 24.3 Å². The van der Waals surface area contributed by atoms with Crippen molar-refractivity contribution in [1.82, 2.24) is 15.5 Å². The molecule has 1 unspecified atom stereocenters. The molecule has 0 radical (unpaired) electrons. The van der Waals surface area contributed by atoms with Gasteiger partial charge in [-0.2, -0.15) is 0 Å². The zero-order valence-corrected chi connectivity index (χ0v) is 16.6. The third-order valence-electron chi connectivity index (χ3n) is 5.85. The van der Waals surface area contributed by atoms with Gasteiger partial charge in [-0.25, -0.2) is 0 Å². The molecule has 2 saturated heterocycles. The first-order chi connectivity index (χ1) is 13.2. The van der Waals surface area contributed by atoms with E-state index in [1.54, 1.807) is 0 Å². The second kappa shape index (κ2) is 8.76. The van der Waals surface area contributed by atoms with Gasteiger partial charge in [0.15, 0.2) is 0 Å². The molecule has 6 heteroatoms. The molecular weight excluding hydrogens is 374 g/mol. The number of halogens is 1. The number of carbonyl (C=O) groups is 2. The lowest BCUT2D eigenvalue weighted by Gasteiger charge is -2.44. The van der Waals surface area contributed by atoms with Crippen LogP contribution in [-0.4, -0.2) is 48.9 Å². The van der Waals surface area contributed by atoms with E-state index in [2.05, 4.69) is 59.2 Å². The first-order valence-corrected chi connectivity index (χ1v) is 9.59. The van der Waals surface area contributed by atoms with Crippen LogP contribution in [0.25, 0.3) is 0 Å². The zero-order chi connectivity index (χ0) is 18.7. The number of benzene rings is 2. The Morgan fingerprint density at radius 3 is 1.96 bits per heavy atom. The van der Waals surface area contributed by atoms with Crippen LogP contribution in [0.1, 0.15) is 24.0 Å². The van der Waals surface area contributed by atoms with Crippen molar-refractivity contribution in [1.29, 1.82) is 0 Å². The Morgan fingerprint density at radius 1 is 0.929 bits per heavy atom. The number of likely N-dealkylation sites (tertiary alicyclic amines) is 1. The fourth-order valence-electron chi connectivity index (χ4n) is 4.36. The van der Waals surface area contributed by atoms with Crippen LogP contribution in [0.3, 0.4) is 0 Å². The fraction of sp³-hybridized carbons (Fsp3) is 0.364. The molecular formula is C22H26ClN3O2. The van der Waals surface area contributed by atoms with Gasteiger partial charge in [0.2, 0.25) is 11.8 Å². The summed E-state index contributed by atoms with van der Waals surface area (Å²) in [7, 11) is 0. The van der Waals surface area contributed by atoms with E-state index < -0.39 is 6.04 Å². The summed E-state index contributed by atoms with van der Waals surface area (Å²) >= 11 is 0. The number of piperazine rings is 1. The van der Waals surface area contributed by atoms with Gasteiger partial charge in [-0.15, -0.1) is 12.4 Å². The summed E-state index contributed by atoms with van der Waals surface area (Å²) in [5.74, 6) is -0.0928. The molecule has 2 amide bonds. The molecule has 0 aliphatic carbocycles. The zero-order valence-electron chi connectivity index (χ0n) is 15.8. The summed E-state index contributed by atoms with van der Waals surface area (Å²) in [5.41, 5.74) is 2.53. The highest BCUT2D eigenvalue weighted by Gasteiger charge is 2.40. The van der Waals surface area contributed by atoms with Gasteiger partial charge in [0.25, 0.3) is 0 Å². The van der Waals surface area contributed by atoms with Gasteiger partial charge in [-0.3, -0.25) is 9.59 Å². The first kappa shape index (κ1) is 20.4. The standard InChI is InChI=1S/C22H25N3O2.ClH/c26-20-16-23-15-19(24-20)21(27)25-13-11-22(12-14-25,17-7-3-1-4-8-17)18-9-5-2-6-10-18;/h1-10,19,23H,11-16H2,(H,24,26);1H. The second-order valence-electron chi connectivity index (χ2n) is 7.39. The van der Waals surface area contributed by atoms with Gasteiger partial charge in [0, 0.05) is 25.0 Å². The molecule has 2 aromatic rings. The molecule has 0 saturated carbocycles. The maximum atomic E-state index is 12.9. The van der Waals surface area contributed by atoms with Gasteiger partial charge in [0.05, 0.1) is 6.54 Å². The number of rotatable bonds is 3. The van der Waals surface area contributed by atoms with E-state index in [1.807, 2.05) is 17.0 Å². The Balaban J connectivity index is 0.00000225. The molecule has 2 heterocycles. The SMILES string of the molecule is Cl.O=C1CNCC(C(=O)N2CCC(c3ccccc3)(c3ccccc3)CC2)N1. The molecule has 2 aromatic carbocycles. The van der Waals surface area contributed by atoms with Crippen LogP contribution in [0, 0.1) is 0 Å². The lowest BCUT2D eigenvalue weighted by atomic mass is 9.68. The Labute approximate surface area is 171 Å². The lowest BCUT2D eigenvalue weighted by Crippen LogP contribution is -2.60. The molecule has 148 valence electrons. The highest BCUT2D eigenvalue weighted by atomic mass is 35.5. The van der Waals surface area contributed by atoms with E-state index in [9.17, 15) is 9.59 Å². The number of carbonyl (C=O) groups excluding carboxylic acids is 2. The molecule has 0 spiro atoms. The van der Waals surface area contributed by atoms with E-state index in [-0.39, 0.29) is 36.2 Å². The maximum absolute atomic E-state index is 12.9. The summed E-state index contributed by atoms with van der Waals surface area (Å²) < 4.78 is 0. The van der Waals surface area contributed by atoms with Gasteiger partial charge in [-0.05, 0) is 24.0 Å². The third-order valence-corrected chi connectivity index (χ3v) is 5.85. The van der Waals surface area contributed by atoms with Crippen molar-refractivity contribution >= 4 is 24.2 Å². The smallest absolute Gasteiger partial charge is 0.246 e. The van der Waals surface area contributed by atoms with E-state index >= 15 is 0 Å². The summed E-state index contributed by atoms with van der Waals surface area (Å²) in [5, 5.41) is 5.82. The molecule has 2 fully saturated rings. The van der Waals surface area contributed by atoms with E-state index in [0.29, 0.717) is 19.6 Å².